The number of β-amino-alcohol motifs (C(OH)–C–C–N with tert-alkyl or cyclic N) is 1. The Labute approximate surface area is 88.5 Å². The molecule has 1 aromatic heterocycles. The third kappa shape index (κ3) is 2.03. The maximum absolute atomic E-state index is 9.66. The Hall–Kier alpha value is -1.33. The first kappa shape index (κ1) is 10.2. The van der Waals surface area contributed by atoms with Gasteiger partial charge in [-0.05, 0) is 12.1 Å². The lowest BCUT2D eigenvalue weighted by atomic mass is 10.3. The van der Waals surface area contributed by atoms with Gasteiger partial charge in [-0.3, -0.25) is 0 Å². The summed E-state index contributed by atoms with van der Waals surface area (Å²) in [6, 6.07) is 3.65. The number of aliphatic hydroxyl groups excluding tert-OH is 1. The number of aliphatic hydroxyl groups is 1. The largest absolute Gasteiger partial charge is 0.397 e. The third-order valence-corrected chi connectivity index (χ3v) is 2.63. The Kier molecular flexibility index (Phi) is 2.75. The predicted molar refractivity (Wildman–Crippen MR) is 57.7 cm³/mol. The fraction of sp³-hybridized carbons (Fsp3) is 0.500. The smallest absolute Gasteiger partial charge is 0.128 e. The minimum atomic E-state index is -0.450. The van der Waals surface area contributed by atoms with Crippen molar-refractivity contribution >= 4 is 11.5 Å². The number of hydrogen-bond acceptors (Lipinski definition) is 5. The summed E-state index contributed by atoms with van der Waals surface area (Å²) in [5.41, 5.74) is 6.19. The van der Waals surface area contributed by atoms with Gasteiger partial charge in [0.25, 0.3) is 0 Å². The quantitative estimate of drug-likeness (QED) is 0.709. The summed E-state index contributed by atoms with van der Waals surface area (Å²) in [6.07, 6.45) is 1.03. The van der Waals surface area contributed by atoms with Crippen molar-refractivity contribution in [2.45, 2.75) is 12.2 Å². The van der Waals surface area contributed by atoms with Gasteiger partial charge in [-0.15, -0.1) is 0 Å². The monoisotopic (exact) mass is 209 g/mol. The Bertz CT molecular complexity index is 328. The fourth-order valence-corrected chi connectivity index (χ4v) is 1.76. The normalized spacial score (nSPS) is 25.9. The van der Waals surface area contributed by atoms with Crippen molar-refractivity contribution in [1.29, 1.82) is 0 Å². The van der Waals surface area contributed by atoms with Gasteiger partial charge in [0.1, 0.15) is 11.9 Å². The van der Waals surface area contributed by atoms with E-state index in [4.69, 9.17) is 10.5 Å². The van der Waals surface area contributed by atoms with Crippen LogP contribution in [0, 0.1) is 0 Å². The van der Waals surface area contributed by atoms with Crippen LogP contribution in [0.5, 0.6) is 0 Å². The summed E-state index contributed by atoms with van der Waals surface area (Å²) in [5.74, 6) is 0.822. The molecule has 2 atom stereocenters. The summed E-state index contributed by atoms with van der Waals surface area (Å²) in [5, 5.41) is 9.66. The predicted octanol–water partition coefficient (Wildman–Crippen LogP) is -0.140. The zero-order chi connectivity index (χ0) is 10.8. The lowest BCUT2D eigenvalue weighted by molar-refractivity contribution is 0.0217. The lowest BCUT2D eigenvalue weighted by Gasteiger charge is -2.16. The van der Waals surface area contributed by atoms with Crippen LogP contribution in [0.4, 0.5) is 11.5 Å². The van der Waals surface area contributed by atoms with E-state index in [1.807, 2.05) is 11.0 Å². The molecule has 0 amide bonds. The summed E-state index contributed by atoms with van der Waals surface area (Å²) in [7, 11) is 1.60. The molecule has 1 aliphatic rings. The molecule has 15 heavy (non-hydrogen) atoms. The molecule has 2 heterocycles. The number of nitrogen functional groups attached to an aromatic ring is 1. The van der Waals surface area contributed by atoms with E-state index in [-0.39, 0.29) is 6.10 Å². The minimum Gasteiger partial charge on any atom is -0.397 e. The fourth-order valence-electron chi connectivity index (χ4n) is 1.76. The molecular formula is C10H15N3O2. The first-order chi connectivity index (χ1) is 7.20. The van der Waals surface area contributed by atoms with Crippen molar-refractivity contribution in [2.75, 3.05) is 30.8 Å². The molecule has 1 aromatic rings. The highest BCUT2D eigenvalue weighted by Crippen LogP contribution is 2.20. The standard InChI is InChI=1S/C10H15N3O2/c1-15-9-6-13(5-8(9)14)10-3-2-7(11)4-12-10/h2-4,8-9,14H,5-6,11H2,1H3/t8-,9+/m0/s1. The van der Waals surface area contributed by atoms with Crippen molar-refractivity contribution in [2.24, 2.45) is 0 Å². The zero-order valence-electron chi connectivity index (χ0n) is 8.63. The molecule has 1 aliphatic heterocycles. The number of hydrogen-bond donors (Lipinski definition) is 2. The molecule has 0 bridgehead atoms. The van der Waals surface area contributed by atoms with Crippen LogP contribution >= 0.6 is 0 Å². The molecule has 0 aromatic carbocycles. The number of nitrogens with zero attached hydrogens (tertiary/aromatic N) is 2. The maximum atomic E-state index is 9.66. The molecule has 3 N–H and O–H groups in total. The third-order valence-electron chi connectivity index (χ3n) is 2.63. The minimum absolute atomic E-state index is 0.135. The van der Waals surface area contributed by atoms with Gasteiger partial charge in [0.2, 0.25) is 0 Å². The highest BCUT2D eigenvalue weighted by atomic mass is 16.5. The second kappa shape index (κ2) is 4.04. The van der Waals surface area contributed by atoms with Crippen LogP contribution in [0.15, 0.2) is 18.3 Å². The van der Waals surface area contributed by atoms with Gasteiger partial charge < -0.3 is 20.5 Å². The van der Waals surface area contributed by atoms with E-state index in [9.17, 15) is 5.11 Å². The summed E-state index contributed by atoms with van der Waals surface area (Å²) < 4.78 is 5.15. The van der Waals surface area contributed by atoms with Crippen LogP contribution in [0.25, 0.3) is 0 Å². The van der Waals surface area contributed by atoms with E-state index in [2.05, 4.69) is 4.98 Å². The molecule has 1 saturated heterocycles. The van der Waals surface area contributed by atoms with Crippen LogP contribution in [0.3, 0.4) is 0 Å². The molecule has 1 fully saturated rings. The molecule has 0 saturated carbocycles. The van der Waals surface area contributed by atoms with Crippen molar-refractivity contribution < 1.29 is 9.84 Å². The number of ether oxygens (including phenoxy) is 1. The molecule has 82 valence electrons. The van der Waals surface area contributed by atoms with Crippen molar-refractivity contribution in [3.63, 3.8) is 0 Å². The Morgan fingerprint density at radius 3 is 2.87 bits per heavy atom. The van der Waals surface area contributed by atoms with Crippen LogP contribution in [0.2, 0.25) is 0 Å². The SMILES string of the molecule is CO[C@@H]1CN(c2ccc(N)cn2)C[C@@H]1O. The zero-order valence-corrected chi connectivity index (χ0v) is 8.63. The van der Waals surface area contributed by atoms with Crippen molar-refractivity contribution in [1.82, 2.24) is 4.98 Å². The van der Waals surface area contributed by atoms with Gasteiger partial charge in [0.05, 0.1) is 18.0 Å². The molecule has 0 unspecified atom stereocenters. The average molecular weight is 209 g/mol. The lowest BCUT2D eigenvalue weighted by Crippen LogP contribution is -2.25. The molecule has 0 spiro atoms. The average Bonchev–Trinajstić information content (AvgIpc) is 2.61. The number of pyridine rings is 1. The van der Waals surface area contributed by atoms with Crippen LogP contribution < -0.4 is 10.6 Å². The number of aromatic nitrogens is 1. The Morgan fingerprint density at radius 2 is 2.33 bits per heavy atom. The van der Waals surface area contributed by atoms with Gasteiger partial charge in [0, 0.05) is 20.2 Å². The van der Waals surface area contributed by atoms with Gasteiger partial charge in [0.15, 0.2) is 0 Å². The van der Waals surface area contributed by atoms with Gasteiger partial charge in [-0.25, -0.2) is 4.98 Å². The Morgan fingerprint density at radius 1 is 1.53 bits per heavy atom. The molecular weight excluding hydrogens is 194 g/mol. The summed E-state index contributed by atoms with van der Waals surface area (Å²) >= 11 is 0. The highest BCUT2D eigenvalue weighted by Gasteiger charge is 2.31. The van der Waals surface area contributed by atoms with Crippen LogP contribution in [-0.4, -0.2) is 42.5 Å². The van der Waals surface area contributed by atoms with Crippen molar-refractivity contribution in [3.8, 4) is 0 Å². The number of methoxy groups -OCH3 is 1. The Balaban J connectivity index is 2.10. The highest BCUT2D eigenvalue weighted by molar-refractivity contribution is 5.46. The molecule has 0 aliphatic carbocycles. The second-order valence-electron chi connectivity index (χ2n) is 3.70. The van der Waals surface area contributed by atoms with E-state index in [1.165, 1.54) is 0 Å². The maximum Gasteiger partial charge on any atom is 0.128 e. The molecule has 2 rings (SSSR count). The van der Waals surface area contributed by atoms with Gasteiger partial charge in [-0.2, -0.15) is 0 Å². The number of nitrogens with two attached hydrogens (primary N) is 1. The van der Waals surface area contributed by atoms with E-state index < -0.39 is 6.10 Å². The summed E-state index contributed by atoms with van der Waals surface area (Å²) in [4.78, 5) is 6.18. The molecule has 5 nitrogen and oxygen atoms in total. The molecule has 0 radical (unpaired) electrons. The number of rotatable bonds is 2. The number of anilines is 2. The van der Waals surface area contributed by atoms with E-state index in [0.29, 0.717) is 18.8 Å². The first-order valence-corrected chi connectivity index (χ1v) is 4.88. The van der Waals surface area contributed by atoms with Gasteiger partial charge in [-0.1, -0.05) is 0 Å². The summed E-state index contributed by atoms with van der Waals surface area (Å²) in [6.45, 7) is 1.21. The van der Waals surface area contributed by atoms with Crippen molar-refractivity contribution in [3.05, 3.63) is 18.3 Å². The topological polar surface area (TPSA) is 71.6 Å². The van der Waals surface area contributed by atoms with E-state index in [1.54, 1.807) is 19.4 Å². The van der Waals surface area contributed by atoms with Crippen LogP contribution in [0.1, 0.15) is 0 Å². The first-order valence-electron chi connectivity index (χ1n) is 4.88. The molecule has 5 heteroatoms. The van der Waals surface area contributed by atoms with E-state index >= 15 is 0 Å². The van der Waals surface area contributed by atoms with Gasteiger partial charge >= 0.3 is 0 Å². The van der Waals surface area contributed by atoms with E-state index in [0.717, 1.165) is 5.82 Å². The second-order valence-corrected chi connectivity index (χ2v) is 3.70. The van der Waals surface area contributed by atoms with Crippen LogP contribution in [-0.2, 0) is 4.74 Å².